The third-order valence-corrected chi connectivity index (χ3v) is 4.42. The number of hydrogen-bond acceptors (Lipinski definition) is 3. The summed E-state index contributed by atoms with van der Waals surface area (Å²) in [7, 11) is 4.36. The van der Waals surface area contributed by atoms with E-state index in [9.17, 15) is 0 Å². The second kappa shape index (κ2) is 5.48. The molecule has 3 nitrogen and oxygen atoms in total. The predicted molar refractivity (Wildman–Crippen MR) is 68.7 cm³/mol. The first-order valence-corrected chi connectivity index (χ1v) is 6.80. The average molecular weight is 225 g/mol. The summed E-state index contributed by atoms with van der Waals surface area (Å²) >= 11 is 0. The molecular weight excluding hydrogens is 198 g/mol. The highest BCUT2D eigenvalue weighted by atomic mass is 15.2. The zero-order valence-electron chi connectivity index (χ0n) is 11.1. The van der Waals surface area contributed by atoms with Gasteiger partial charge in [-0.3, -0.25) is 4.90 Å². The lowest BCUT2D eigenvalue weighted by Gasteiger charge is -2.44. The Morgan fingerprint density at radius 1 is 1.12 bits per heavy atom. The Balaban J connectivity index is 1.86. The molecule has 2 fully saturated rings. The van der Waals surface area contributed by atoms with E-state index in [-0.39, 0.29) is 0 Å². The number of piperidine rings is 2. The van der Waals surface area contributed by atoms with Crippen molar-refractivity contribution in [2.45, 2.75) is 38.3 Å². The highest BCUT2D eigenvalue weighted by molar-refractivity contribution is 4.87. The number of nitrogens with zero attached hydrogens (tertiary/aromatic N) is 2. The van der Waals surface area contributed by atoms with Crippen LogP contribution in [-0.2, 0) is 0 Å². The summed E-state index contributed by atoms with van der Waals surface area (Å²) in [6.07, 6.45) is 4.10. The fourth-order valence-corrected chi connectivity index (χ4v) is 3.38. The molecule has 2 saturated heterocycles. The van der Waals surface area contributed by atoms with Gasteiger partial charge in [-0.05, 0) is 52.4 Å². The normalized spacial score (nSPS) is 38.8. The lowest BCUT2D eigenvalue weighted by molar-refractivity contribution is 0.0633. The molecule has 3 unspecified atom stereocenters. The van der Waals surface area contributed by atoms with E-state index in [2.05, 4.69) is 36.1 Å². The quantitative estimate of drug-likeness (QED) is 0.757. The first-order chi connectivity index (χ1) is 7.70. The van der Waals surface area contributed by atoms with Crippen LogP contribution in [0.3, 0.4) is 0 Å². The van der Waals surface area contributed by atoms with Gasteiger partial charge in [-0.1, -0.05) is 6.92 Å². The molecule has 3 atom stereocenters. The Labute approximate surface area is 100 Å². The van der Waals surface area contributed by atoms with Crippen molar-refractivity contribution in [2.75, 3.05) is 40.3 Å². The molecule has 0 radical (unpaired) electrons. The minimum atomic E-state index is 0.734. The van der Waals surface area contributed by atoms with E-state index in [1.807, 2.05) is 0 Å². The Morgan fingerprint density at radius 3 is 2.56 bits per heavy atom. The van der Waals surface area contributed by atoms with E-state index < -0.39 is 0 Å². The van der Waals surface area contributed by atoms with E-state index in [1.54, 1.807) is 0 Å². The molecule has 2 aliphatic rings. The summed E-state index contributed by atoms with van der Waals surface area (Å²) in [4.78, 5) is 5.22. The highest BCUT2D eigenvalue weighted by Crippen LogP contribution is 2.22. The zero-order chi connectivity index (χ0) is 11.5. The molecule has 94 valence electrons. The van der Waals surface area contributed by atoms with Crippen LogP contribution in [0.25, 0.3) is 0 Å². The Hall–Kier alpha value is -0.120. The second-order valence-corrected chi connectivity index (χ2v) is 5.71. The van der Waals surface area contributed by atoms with Gasteiger partial charge >= 0.3 is 0 Å². The van der Waals surface area contributed by atoms with E-state index >= 15 is 0 Å². The molecule has 0 bridgehead atoms. The Morgan fingerprint density at radius 2 is 1.94 bits per heavy atom. The van der Waals surface area contributed by atoms with E-state index in [0.29, 0.717) is 0 Å². The van der Waals surface area contributed by atoms with E-state index in [1.165, 1.54) is 45.4 Å². The Kier molecular flexibility index (Phi) is 4.22. The molecule has 2 heterocycles. The van der Waals surface area contributed by atoms with Crippen LogP contribution in [-0.4, -0.2) is 62.2 Å². The summed E-state index contributed by atoms with van der Waals surface area (Å²) in [5, 5.41) is 3.45. The SMILES string of the molecule is CNC1CCN(C2CCCN(C)C2)CC1C. The molecule has 0 saturated carbocycles. The first kappa shape index (κ1) is 12.3. The maximum absolute atomic E-state index is 3.45. The zero-order valence-corrected chi connectivity index (χ0v) is 11.1. The standard InChI is InChI=1S/C13H27N3/c1-11-9-16(8-6-13(11)14-2)12-5-4-7-15(3)10-12/h11-14H,4-10H2,1-3H3. The number of likely N-dealkylation sites (tertiary alicyclic amines) is 2. The van der Waals surface area contributed by atoms with Crippen LogP contribution in [0.5, 0.6) is 0 Å². The van der Waals surface area contributed by atoms with Gasteiger partial charge in [-0.25, -0.2) is 0 Å². The number of rotatable bonds is 2. The van der Waals surface area contributed by atoms with Crippen molar-refractivity contribution in [1.29, 1.82) is 0 Å². The highest BCUT2D eigenvalue weighted by Gasteiger charge is 2.30. The third-order valence-electron chi connectivity index (χ3n) is 4.42. The van der Waals surface area contributed by atoms with Crippen molar-refractivity contribution in [3.05, 3.63) is 0 Å². The largest absolute Gasteiger partial charge is 0.317 e. The van der Waals surface area contributed by atoms with Gasteiger partial charge < -0.3 is 10.2 Å². The maximum Gasteiger partial charge on any atom is 0.0223 e. The molecule has 0 amide bonds. The van der Waals surface area contributed by atoms with Crippen molar-refractivity contribution in [2.24, 2.45) is 5.92 Å². The molecule has 0 aromatic rings. The lowest BCUT2D eigenvalue weighted by atomic mass is 9.91. The molecule has 1 N–H and O–H groups in total. The van der Waals surface area contributed by atoms with E-state index in [0.717, 1.165) is 18.0 Å². The Bertz CT molecular complexity index is 219. The van der Waals surface area contributed by atoms with Crippen molar-refractivity contribution in [3.8, 4) is 0 Å². The van der Waals surface area contributed by atoms with Gasteiger partial charge in [0.25, 0.3) is 0 Å². The smallest absolute Gasteiger partial charge is 0.0223 e. The third kappa shape index (κ3) is 2.76. The number of nitrogens with one attached hydrogen (secondary N) is 1. The minimum Gasteiger partial charge on any atom is -0.317 e. The van der Waals surface area contributed by atoms with Gasteiger partial charge in [0, 0.05) is 25.2 Å². The molecule has 0 aromatic carbocycles. The van der Waals surface area contributed by atoms with Crippen molar-refractivity contribution >= 4 is 0 Å². The summed E-state index contributed by atoms with van der Waals surface area (Å²) in [5.74, 6) is 0.797. The predicted octanol–water partition coefficient (Wildman–Crippen LogP) is 1.01. The minimum absolute atomic E-state index is 0.734. The summed E-state index contributed by atoms with van der Waals surface area (Å²) in [6, 6.07) is 1.55. The summed E-state index contributed by atoms with van der Waals surface area (Å²) in [6.45, 7) is 7.52. The second-order valence-electron chi connectivity index (χ2n) is 5.71. The molecule has 0 spiro atoms. The van der Waals surface area contributed by atoms with Crippen molar-refractivity contribution < 1.29 is 0 Å². The monoisotopic (exact) mass is 225 g/mol. The molecule has 0 aromatic heterocycles. The van der Waals surface area contributed by atoms with Crippen LogP contribution in [0.2, 0.25) is 0 Å². The van der Waals surface area contributed by atoms with E-state index in [4.69, 9.17) is 0 Å². The lowest BCUT2D eigenvalue weighted by Crippen LogP contribution is -2.54. The topological polar surface area (TPSA) is 18.5 Å². The van der Waals surface area contributed by atoms with Crippen LogP contribution in [0.1, 0.15) is 26.2 Å². The summed E-state index contributed by atoms with van der Waals surface area (Å²) in [5.41, 5.74) is 0. The fraction of sp³-hybridized carbons (Fsp3) is 1.00. The van der Waals surface area contributed by atoms with Crippen molar-refractivity contribution in [1.82, 2.24) is 15.1 Å². The maximum atomic E-state index is 3.45. The van der Waals surface area contributed by atoms with Crippen LogP contribution >= 0.6 is 0 Å². The molecule has 3 heteroatoms. The average Bonchev–Trinajstić information content (AvgIpc) is 2.29. The van der Waals surface area contributed by atoms with Gasteiger partial charge in [-0.2, -0.15) is 0 Å². The fourth-order valence-electron chi connectivity index (χ4n) is 3.38. The van der Waals surface area contributed by atoms with Crippen molar-refractivity contribution in [3.63, 3.8) is 0 Å². The van der Waals surface area contributed by atoms with Gasteiger partial charge in [-0.15, -0.1) is 0 Å². The van der Waals surface area contributed by atoms with Gasteiger partial charge in [0.1, 0.15) is 0 Å². The van der Waals surface area contributed by atoms with Gasteiger partial charge in [0.05, 0.1) is 0 Å². The first-order valence-electron chi connectivity index (χ1n) is 6.80. The molecule has 0 aliphatic carbocycles. The number of hydrogen-bond donors (Lipinski definition) is 1. The van der Waals surface area contributed by atoms with Crippen LogP contribution < -0.4 is 5.32 Å². The molecule has 16 heavy (non-hydrogen) atoms. The molecule has 2 rings (SSSR count). The molecular formula is C13H27N3. The number of likely N-dealkylation sites (N-methyl/N-ethyl adjacent to an activating group) is 1. The van der Waals surface area contributed by atoms with Gasteiger partial charge in [0.2, 0.25) is 0 Å². The van der Waals surface area contributed by atoms with Crippen LogP contribution in [0.4, 0.5) is 0 Å². The van der Waals surface area contributed by atoms with Gasteiger partial charge in [0.15, 0.2) is 0 Å². The summed E-state index contributed by atoms with van der Waals surface area (Å²) < 4.78 is 0. The van der Waals surface area contributed by atoms with Crippen LogP contribution in [0.15, 0.2) is 0 Å². The van der Waals surface area contributed by atoms with Crippen LogP contribution in [0, 0.1) is 5.92 Å². The molecule has 2 aliphatic heterocycles.